The number of hydrogen-bond donors (Lipinski definition) is 1. The maximum absolute atomic E-state index is 12.0. The van der Waals surface area contributed by atoms with Gasteiger partial charge in [-0.15, -0.1) is 0 Å². The summed E-state index contributed by atoms with van der Waals surface area (Å²) < 4.78 is 28.2. The van der Waals surface area contributed by atoms with Gasteiger partial charge < -0.3 is 10.1 Å². The minimum absolute atomic E-state index is 0.0469. The number of rotatable bonds is 6. The van der Waals surface area contributed by atoms with Gasteiger partial charge in [-0.05, 0) is 42.5 Å². The molecule has 0 aliphatic heterocycles. The third kappa shape index (κ3) is 3.89. The number of alkyl halides is 3. The van der Waals surface area contributed by atoms with Gasteiger partial charge >= 0.3 is 6.61 Å². The Bertz CT molecular complexity index is 446. The first-order valence-electron chi connectivity index (χ1n) is 5.94. The molecule has 1 amide bonds. The minimum atomic E-state index is -2.85. The fraction of sp³-hybridized carbons (Fsp3) is 0.462. The second kappa shape index (κ2) is 5.86. The van der Waals surface area contributed by atoms with E-state index in [2.05, 4.69) is 26.0 Å². The molecule has 0 saturated heterocycles. The van der Waals surface area contributed by atoms with E-state index in [1.165, 1.54) is 24.3 Å². The standard InChI is InChI=1S/C13H14BrF2NO2/c14-7-13(5-6-13)8-17-11(18)9-1-3-10(4-2-9)19-12(15)16/h1-4,12H,5-8H2,(H,17,18). The van der Waals surface area contributed by atoms with Gasteiger partial charge in [0.25, 0.3) is 5.91 Å². The molecule has 0 radical (unpaired) electrons. The van der Waals surface area contributed by atoms with Gasteiger partial charge in [-0.3, -0.25) is 4.79 Å². The van der Waals surface area contributed by atoms with Crippen molar-refractivity contribution in [3.8, 4) is 5.75 Å². The number of nitrogens with one attached hydrogen (secondary N) is 1. The summed E-state index contributed by atoms with van der Waals surface area (Å²) in [7, 11) is 0. The summed E-state index contributed by atoms with van der Waals surface area (Å²) >= 11 is 3.43. The lowest BCUT2D eigenvalue weighted by Gasteiger charge is -2.12. The van der Waals surface area contributed by atoms with E-state index in [0.29, 0.717) is 12.1 Å². The number of carbonyl (C=O) groups excluding carboxylic acids is 1. The highest BCUT2D eigenvalue weighted by molar-refractivity contribution is 9.09. The lowest BCUT2D eigenvalue weighted by atomic mass is 10.1. The van der Waals surface area contributed by atoms with Gasteiger partial charge in [0.2, 0.25) is 0 Å². The second-order valence-electron chi connectivity index (χ2n) is 4.72. The Morgan fingerprint density at radius 1 is 1.37 bits per heavy atom. The summed E-state index contributed by atoms with van der Waals surface area (Å²) in [5.74, 6) is -0.151. The Hall–Kier alpha value is -1.17. The fourth-order valence-corrected chi connectivity index (χ4v) is 2.45. The van der Waals surface area contributed by atoms with E-state index < -0.39 is 6.61 Å². The highest BCUT2D eigenvalue weighted by Gasteiger charge is 2.41. The topological polar surface area (TPSA) is 38.3 Å². The van der Waals surface area contributed by atoms with E-state index >= 15 is 0 Å². The van der Waals surface area contributed by atoms with Crippen LogP contribution in [0.1, 0.15) is 23.2 Å². The van der Waals surface area contributed by atoms with E-state index in [4.69, 9.17) is 0 Å². The predicted octanol–water partition coefficient (Wildman–Crippen LogP) is 3.19. The summed E-state index contributed by atoms with van der Waals surface area (Å²) in [6, 6.07) is 5.67. The molecule has 104 valence electrons. The Balaban J connectivity index is 1.88. The summed E-state index contributed by atoms with van der Waals surface area (Å²) in [4.78, 5) is 11.9. The molecule has 0 spiro atoms. The molecule has 0 bridgehead atoms. The number of carbonyl (C=O) groups is 1. The second-order valence-corrected chi connectivity index (χ2v) is 5.28. The highest BCUT2D eigenvalue weighted by atomic mass is 79.9. The largest absolute Gasteiger partial charge is 0.435 e. The minimum Gasteiger partial charge on any atom is -0.435 e. The van der Waals surface area contributed by atoms with Crippen LogP contribution >= 0.6 is 15.9 Å². The quantitative estimate of drug-likeness (QED) is 0.812. The molecular weight excluding hydrogens is 320 g/mol. The number of halogens is 3. The van der Waals surface area contributed by atoms with Crippen LogP contribution in [0.4, 0.5) is 8.78 Å². The molecule has 1 aliphatic carbocycles. The third-order valence-electron chi connectivity index (χ3n) is 3.21. The number of amides is 1. The van der Waals surface area contributed by atoms with Crippen LogP contribution < -0.4 is 10.1 Å². The molecule has 1 N–H and O–H groups in total. The summed E-state index contributed by atoms with van der Waals surface area (Å²) in [5.41, 5.74) is 0.640. The van der Waals surface area contributed by atoms with Crippen molar-refractivity contribution in [2.45, 2.75) is 19.5 Å². The molecule has 0 atom stereocenters. The van der Waals surface area contributed by atoms with E-state index in [1.54, 1.807) is 0 Å². The molecule has 3 nitrogen and oxygen atoms in total. The normalized spacial score (nSPS) is 16.2. The molecule has 0 unspecified atom stereocenters. The predicted molar refractivity (Wildman–Crippen MR) is 70.9 cm³/mol. The summed E-state index contributed by atoms with van der Waals surface area (Å²) in [6.07, 6.45) is 2.22. The average molecular weight is 334 g/mol. The Labute approximate surface area is 118 Å². The molecule has 19 heavy (non-hydrogen) atoms. The van der Waals surface area contributed by atoms with Crippen molar-refractivity contribution in [2.75, 3.05) is 11.9 Å². The van der Waals surface area contributed by atoms with Crippen LogP contribution in [0.25, 0.3) is 0 Å². The molecule has 1 aromatic rings. The van der Waals surface area contributed by atoms with Crippen molar-refractivity contribution in [3.63, 3.8) is 0 Å². The summed E-state index contributed by atoms with van der Waals surface area (Å²) in [6.45, 7) is -2.22. The van der Waals surface area contributed by atoms with Gasteiger partial charge in [0, 0.05) is 17.4 Å². The molecular formula is C13H14BrF2NO2. The zero-order valence-corrected chi connectivity index (χ0v) is 11.8. The summed E-state index contributed by atoms with van der Waals surface area (Å²) in [5, 5.41) is 3.73. The van der Waals surface area contributed by atoms with Crippen molar-refractivity contribution in [1.29, 1.82) is 0 Å². The molecule has 2 rings (SSSR count). The molecule has 1 fully saturated rings. The SMILES string of the molecule is O=C(NCC1(CBr)CC1)c1ccc(OC(F)F)cc1. The first-order chi connectivity index (χ1) is 9.04. The maximum Gasteiger partial charge on any atom is 0.387 e. The molecule has 1 aromatic carbocycles. The van der Waals surface area contributed by atoms with Crippen molar-refractivity contribution in [1.82, 2.24) is 5.32 Å². The van der Waals surface area contributed by atoms with E-state index in [1.807, 2.05) is 0 Å². The zero-order valence-electron chi connectivity index (χ0n) is 10.2. The van der Waals surface area contributed by atoms with Gasteiger partial charge in [-0.25, -0.2) is 0 Å². The third-order valence-corrected chi connectivity index (χ3v) is 4.40. The van der Waals surface area contributed by atoms with Crippen LogP contribution in [-0.4, -0.2) is 24.4 Å². The molecule has 1 saturated carbocycles. The lowest BCUT2D eigenvalue weighted by molar-refractivity contribution is -0.0498. The smallest absolute Gasteiger partial charge is 0.387 e. The van der Waals surface area contributed by atoms with Gasteiger partial charge in [0.05, 0.1) is 0 Å². The van der Waals surface area contributed by atoms with E-state index in [0.717, 1.165) is 18.2 Å². The van der Waals surface area contributed by atoms with Crippen molar-refractivity contribution in [2.24, 2.45) is 5.41 Å². The Kier molecular flexibility index (Phi) is 4.39. The van der Waals surface area contributed by atoms with Crippen molar-refractivity contribution < 1.29 is 18.3 Å². The number of benzene rings is 1. The molecule has 6 heteroatoms. The van der Waals surface area contributed by atoms with Crippen LogP contribution in [0, 0.1) is 5.41 Å². The van der Waals surface area contributed by atoms with Crippen LogP contribution in [0.5, 0.6) is 5.75 Å². The van der Waals surface area contributed by atoms with Crippen molar-refractivity contribution in [3.05, 3.63) is 29.8 Å². The van der Waals surface area contributed by atoms with Crippen LogP contribution in [0.3, 0.4) is 0 Å². The zero-order chi connectivity index (χ0) is 13.9. The fourth-order valence-electron chi connectivity index (χ4n) is 1.69. The van der Waals surface area contributed by atoms with Gasteiger partial charge in [0.15, 0.2) is 0 Å². The first kappa shape index (κ1) is 14.2. The van der Waals surface area contributed by atoms with Gasteiger partial charge in [-0.1, -0.05) is 15.9 Å². The highest BCUT2D eigenvalue weighted by Crippen LogP contribution is 2.46. The molecule has 0 aromatic heterocycles. The van der Waals surface area contributed by atoms with Crippen LogP contribution in [0.2, 0.25) is 0 Å². The van der Waals surface area contributed by atoms with E-state index in [9.17, 15) is 13.6 Å². The van der Waals surface area contributed by atoms with Crippen molar-refractivity contribution >= 4 is 21.8 Å². The van der Waals surface area contributed by atoms with E-state index in [-0.39, 0.29) is 17.1 Å². The molecule has 0 heterocycles. The van der Waals surface area contributed by atoms with Gasteiger partial charge in [0.1, 0.15) is 5.75 Å². The Morgan fingerprint density at radius 2 is 2.00 bits per heavy atom. The molecule has 1 aliphatic rings. The van der Waals surface area contributed by atoms with Crippen LogP contribution in [0.15, 0.2) is 24.3 Å². The Morgan fingerprint density at radius 3 is 2.47 bits per heavy atom. The number of ether oxygens (including phenoxy) is 1. The van der Waals surface area contributed by atoms with Crippen LogP contribution in [-0.2, 0) is 0 Å². The van der Waals surface area contributed by atoms with Gasteiger partial charge in [-0.2, -0.15) is 8.78 Å². The first-order valence-corrected chi connectivity index (χ1v) is 7.06. The lowest BCUT2D eigenvalue weighted by Crippen LogP contribution is -2.30. The maximum atomic E-state index is 12.0. The number of hydrogen-bond acceptors (Lipinski definition) is 2. The monoisotopic (exact) mass is 333 g/mol. The average Bonchev–Trinajstić information content (AvgIpc) is 3.17.